The van der Waals surface area contributed by atoms with E-state index in [2.05, 4.69) is 5.32 Å². The van der Waals surface area contributed by atoms with E-state index in [1.54, 1.807) is 0 Å². The molecule has 17 heavy (non-hydrogen) atoms. The molecule has 2 heterocycles. The molecule has 2 N–H and O–H groups in total. The van der Waals surface area contributed by atoms with Crippen LogP contribution >= 0.6 is 0 Å². The molecule has 2 fully saturated rings. The van der Waals surface area contributed by atoms with Crippen LogP contribution in [0.2, 0.25) is 0 Å². The second kappa shape index (κ2) is 5.77. The van der Waals surface area contributed by atoms with Crippen LogP contribution in [0.15, 0.2) is 0 Å². The molecular formula is C11H19NO5. The highest BCUT2D eigenvalue weighted by Gasteiger charge is 2.31. The van der Waals surface area contributed by atoms with E-state index in [9.17, 15) is 9.90 Å². The van der Waals surface area contributed by atoms with Gasteiger partial charge in [-0.2, -0.15) is 0 Å². The minimum atomic E-state index is -0.844. The molecule has 0 radical (unpaired) electrons. The van der Waals surface area contributed by atoms with Crippen molar-refractivity contribution in [3.05, 3.63) is 0 Å². The topological polar surface area (TPSA) is 77.0 Å². The van der Waals surface area contributed by atoms with Crippen molar-refractivity contribution in [1.29, 1.82) is 0 Å². The smallest absolute Gasteiger partial charge is 0.251 e. The Morgan fingerprint density at radius 1 is 1.24 bits per heavy atom. The normalized spacial score (nSPS) is 28.6. The van der Waals surface area contributed by atoms with E-state index < -0.39 is 11.7 Å². The van der Waals surface area contributed by atoms with Gasteiger partial charge in [0.2, 0.25) is 0 Å². The summed E-state index contributed by atoms with van der Waals surface area (Å²) in [6.07, 6.45) is 0.553. The summed E-state index contributed by atoms with van der Waals surface area (Å²) < 4.78 is 15.6. The number of amides is 1. The highest BCUT2D eigenvalue weighted by molar-refractivity contribution is 5.81. The second-order valence-electron chi connectivity index (χ2n) is 4.49. The lowest BCUT2D eigenvalue weighted by Crippen LogP contribution is -2.50. The van der Waals surface area contributed by atoms with Crippen LogP contribution in [0.1, 0.15) is 12.8 Å². The first-order valence-electron chi connectivity index (χ1n) is 5.97. The van der Waals surface area contributed by atoms with Gasteiger partial charge in [-0.1, -0.05) is 0 Å². The molecule has 6 heteroatoms. The Morgan fingerprint density at radius 3 is 2.65 bits per heavy atom. The van der Waals surface area contributed by atoms with Crippen molar-refractivity contribution in [3.63, 3.8) is 0 Å². The highest BCUT2D eigenvalue weighted by Crippen LogP contribution is 2.19. The standard InChI is InChI=1S/C11H19NO5/c13-10(9-7-16-5-6-17-9)12-8-11(14)1-3-15-4-2-11/h9,14H,1-8H2,(H,12,13). The fourth-order valence-electron chi connectivity index (χ4n) is 1.93. The van der Waals surface area contributed by atoms with Crippen LogP contribution in [-0.2, 0) is 19.0 Å². The zero-order valence-electron chi connectivity index (χ0n) is 9.81. The number of hydrogen-bond acceptors (Lipinski definition) is 5. The lowest BCUT2D eigenvalue weighted by atomic mass is 9.94. The average Bonchev–Trinajstić information content (AvgIpc) is 2.38. The lowest BCUT2D eigenvalue weighted by molar-refractivity contribution is -0.149. The molecule has 6 nitrogen and oxygen atoms in total. The number of rotatable bonds is 3. The minimum absolute atomic E-state index is 0.218. The molecule has 2 rings (SSSR count). The number of hydrogen-bond donors (Lipinski definition) is 2. The molecule has 98 valence electrons. The first kappa shape index (κ1) is 12.8. The fraction of sp³-hybridized carbons (Fsp3) is 0.909. The van der Waals surface area contributed by atoms with Crippen LogP contribution < -0.4 is 5.32 Å². The Labute approximate surface area is 100 Å². The summed E-state index contributed by atoms with van der Waals surface area (Å²) in [5.74, 6) is -0.218. The largest absolute Gasteiger partial charge is 0.388 e. The van der Waals surface area contributed by atoms with Gasteiger partial charge in [0.25, 0.3) is 5.91 Å². The third-order valence-corrected chi connectivity index (χ3v) is 3.12. The molecular weight excluding hydrogens is 226 g/mol. The number of ether oxygens (including phenoxy) is 3. The third-order valence-electron chi connectivity index (χ3n) is 3.12. The summed E-state index contributed by atoms with van der Waals surface area (Å²) in [4.78, 5) is 11.7. The van der Waals surface area contributed by atoms with Gasteiger partial charge in [0.15, 0.2) is 6.10 Å². The molecule has 0 aliphatic carbocycles. The zero-order valence-corrected chi connectivity index (χ0v) is 9.81. The van der Waals surface area contributed by atoms with Crippen molar-refractivity contribution in [3.8, 4) is 0 Å². The van der Waals surface area contributed by atoms with Crippen molar-refractivity contribution in [2.24, 2.45) is 0 Å². The molecule has 1 amide bonds. The van der Waals surface area contributed by atoms with Gasteiger partial charge in [0, 0.05) is 32.6 Å². The zero-order chi connectivity index (χ0) is 12.1. The van der Waals surface area contributed by atoms with Crippen LogP contribution in [0, 0.1) is 0 Å². The molecule has 0 aromatic rings. The van der Waals surface area contributed by atoms with Gasteiger partial charge >= 0.3 is 0 Å². The SMILES string of the molecule is O=C(NCC1(O)CCOCC1)C1COCCO1. The highest BCUT2D eigenvalue weighted by atomic mass is 16.6. The van der Waals surface area contributed by atoms with Crippen LogP contribution in [-0.4, -0.2) is 62.3 Å². The average molecular weight is 245 g/mol. The molecule has 2 saturated heterocycles. The van der Waals surface area contributed by atoms with Gasteiger partial charge in [-0.15, -0.1) is 0 Å². The van der Waals surface area contributed by atoms with Crippen LogP contribution in [0.5, 0.6) is 0 Å². The molecule has 2 aliphatic heterocycles. The van der Waals surface area contributed by atoms with Gasteiger partial charge in [0.1, 0.15) is 0 Å². The number of carbonyl (C=O) groups is 1. The Bertz CT molecular complexity index is 259. The van der Waals surface area contributed by atoms with E-state index in [-0.39, 0.29) is 19.1 Å². The minimum Gasteiger partial charge on any atom is -0.388 e. The molecule has 1 unspecified atom stereocenters. The molecule has 2 aliphatic rings. The van der Waals surface area contributed by atoms with E-state index in [1.807, 2.05) is 0 Å². The first-order chi connectivity index (χ1) is 8.20. The van der Waals surface area contributed by atoms with Gasteiger partial charge in [-0.3, -0.25) is 4.79 Å². The van der Waals surface area contributed by atoms with Crippen LogP contribution in [0.25, 0.3) is 0 Å². The number of carbonyl (C=O) groups excluding carboxylic acids is 1. The molecule has 0 saturated carbocycles. The Balaban J connectivity index is 1.74. The van der Waals surface area contributed by atoms with Gasteiger partial charge in [-0.05, 0) is 0 Å². The molecule has 1 atom stereocenters. The van der Waals surface area contributed by atoms with E-state index in [4.69, 9.17) is 14.2 Å². The van der Waals surface area contributed by atoms with Crippen LogP contribution in [0.4, 0.5) is 0 Å². The van der Waals surface area contributed by atoms with Crippen molar-refractivity contribution in [2.75, 3.05) is 39.6 Å². The van der Waals surface area contributed by atoms with Crippen molar-refractivity contribution in [1.82, 2.24) is 5.32 Å². The van der Waals surface area contributed by atoms with Gasteiger partial charge < -0.3 is 24.6 Å². The predicted octanol–water partition coefficient (Wildman–Crippen LogP) is -0.940. The maximum absolute atomic E-state index is 11.7. The van der Waals surface area contributed by atoms with E-state index >= 15 is 0 Å². The van der Waals surface area contributed by atoms with E-state index in [1.165, 1.54) is 0 Å². The maximum Gasteiger partial charge on any atom is 0.251 e. The summed E-state index contributed by atoms with van der Waals surface area (Å²) in [7, 11) is 0. The predicted molar refractivity (Wildman–Crippen MR) is 58.6 cm³/mol. The number of aliphatic hydroxyl groups is 1. The fourth-order valence-corrected chi connectivity index (χ4v) is 1.93. The third kappa shape index (κ3) is 3.64. The summed E-state index contributed by atoms with van der Waals surface area (Å²) in [6.45, 7) is 2.58. The van der Waals surface area contributed by atoms with E-state index in [0.717, 1.165) is 0 Å². The first-order valence-corrected chi connectivity index (χ1v) is 5.97. The molecule has 0 aromatic carbocycles. The van der Waals surface area contributed by atoms with Gasteiger partial charge in [-0.25, -0.2) is 0 Å². The van der Waals surface area contributed by atoms with Crippen molar-refractivity contribution < 1.29 is 24.1 Å². The summed E-state index contributed by atoms with van der Waals surface area (Å²) in [5, 5.41) is 12.9. The number of nitrogens with one attached hydrogen (secondary N) is 1. The van der Waals surface area contributed by atoms with Crippen molar-refractivity contribution in [2.45, 2.75) is 24.5 Å². The van der Waals surface area contributed by atoms with Crippen molar-refractivity contribution >= 4 is 5.91 Å². The van der Waals surface area contributed by atoms with Gasteiger partial charge in [0.05, 0.1) is 25.4 Å². The lowest BCUT2D eigenvalue weighted by Gasteiger charge is -2.32. The Morgan fingerprint density at radius 2 is 2.00 bits per heavy atom. The summed E-state index contributed by atoms with van der Waals surface area (Å²) in [6, 6.07) is 0. The Hall–Kier alpha value is -0.690. The quantitative estimate of drug-likeness (QED) is 0.671. The molecule has 0 aromatic heterocycles. The summed E-state index contributed by atoms with van der Waals surface area (Å²) in [5.41, 5.74) is -0.844. The Kier molecular flexibility index (Phi) is 4.33. The summed E-state index contributed by atoms with van der Waals surface area (Å²) >= 11 is 0. The second-order valence-corrected chi connectivity index (χ2v) is 4.49. The monoisotopic (exact) mass is 245 g/mol. The van der Waals surface area contributed by atoms with Crippen LogP contribution in [0.3, 0.4) is 0 Å². The molecule has 0 bridgehead atoms. The maximum atomic E-state index is 11.7. The molecule has 0 spiro atoms. The van der Waals surface area contributed by atoms with E-state index in [0.29, 0.717) is 39.3 Å².